The Morgan fingerprint density at radius 2 is 0.889 bits per heavy atom. The van der Waals surface area contributed by atoms with E-state index in [1.807, 2.05) is 0 Å². The summed E-state index contributed by atoms with van der Waals surface area (Å²) in [5, 5.41) is 0. The van der Waals surface area contributed by atoms with Crippen LogP contribution in [0.25, 0.3) is 0 Å². The number of halogens is 2. The lowest BCUT2D eigenvalue weighted by atomic mass is 10.1. The minimum absolute atomic E-state index is 1.15. The molecule has 0 aliphatic rings. The van der Waals surface area contributed by atoms with Gasteiger partial charge >= 0.3 is 0 Å². The Bertz CT molecular complexity index is 659. The first kappa shape index (κ1) is 23.2. The standard InChI is InChI=1S/C21H36I2N4/c1-16-20(22)18(3)26(24(16)5)14-12-10-8-7-9-11-13-15-27-19(4)21(23)17(2)25(27)6/h7-15H2,1-6H3/q+2. The molecule has 0 saturated heterocycles. The highest BCUT2D eigenvalue weighted by atomic mass is 127. The van der Waals surface area contributed by atoms with E-state index in [1.165, 1.54) is 74.9 Å². The van der Waals surface area contributed by atoms with Crippen LogP contribution < -0.4 is 9.36 Å². The molecule has 0 spiro atoms. The lowest BCUT2D eigenvalue weighted by Gasteiger charge is -2.05. The third kappa shape index (κ3) is 5.48. The number of aromatic nitrogens is 4. The van der Waals surface area contributed by atoms with Crippen molar-refractivity contribution in [1.29, 1.82) is 0 Å². The summed E-state index contributed by atoms with van der Waals surface area (Å²) in [5.41, 5.74) is 5.58. The number of rotatable bonds is 10. The molecule has 0 N–H and O–H groups in total. The Morgan fingerprint density at radius 3 is 1.15 bits per heavy atom. The Kier molecular flexibility index (Phi) is 9.09. The molecule has 0 aliphatic heterocycles. The molecule has 27 heavy (non-hydrogen) atoms. The van der Waals surface area contributed by atoms with Gasteiger partial charge in [-0.05, 0) is 71.9 Å². The Morgan fingerprint density at radius 1 is 0.593 bits per heavy atom. The van der Waals surface area contributed by atoms with Gasteiger partial charge in [0.15, 0.2) is 14.1 Å². The molecule has 0 aromatic carbocycles. The first-order valence-electron chi connectivity index (χ1n) is 10.2. The predicted octanol–water partition coefficient (Wildman–Crippen LogP) is 4.81. The van der Waals surface area contributed by atoms with Crippen molar-refractivity contribution in [2.75, 3.05) is 0 Å². The minimum atomic E-state index is 1.15. The van der Waals surface area contributed by atoms with E-state index in [-0.39, 0.29) is 0 Å². The molecule has 0 fully saturated rings. The molecule has 2 aromatic heterocycles. The van der Waals surface area contributed by atoms with Crippen LogP contribution >= 0.6 is 45.2 Å². The summed E-state index contributed by atoms with van der Waals surface area (Å²) >= 11 is 4.94. The molecule has 2 aromatic rings. The van der Waals surface area contributed by atoms with Gasteiger partial charge < -0.3 is 0 Å². The molecule has 4 nitrogen and oxygen atoms in total. The molecule has 6 heteroatoms. The molecule has 0 atom stereocenters. The molecule has 0 saturated carbocycles. The van der Waals surface area contributed by atoms with Crippen molar-refractivity contribution in [3.05, 3.63) is 29.9 Å². The molecule has 0 bridgehead atoms. The summed E-state index contributed by atoms with van der Waals surface area (Å²) in [6.45, 7) is 11.2. The maximum atomic E-state index is 2.47. The van der Waals surface area contributed by atoms with Crippen LogP contribution in [0.5, 0.6) is 0 Å². The van der Waals surface area contributed by atoms with Gasteiger partial charge in [-0.1, -0.05) is 32.1 Å². The van der Waals surface area contributed by atoms with Crippen LogP contribution in [-0.4, -0.2) is 9.36 Å². The van der Waals surface area contributed by atoms with Crippen LogP contribution in [0.4, 0.5) is 0 Å². The highest BCUT2D eigenvalue weighted by Crippen LogP contribution is 2.16. The molecule has 0 unspecified atom stereocenters. The van der Waals surface area contributed by atoms with Crippen molar-refractivity contribution in [3.63, 3.8) is 0 Å². The lowest BCUT2D eigenvalue weighted by Crippen LogP contribution is -2.41. The summed E-state index contributed by atoms with van der Waals surface area (Å²) in [5.74, 6) is 0. The summed E-state index contributed by atoms with van der Waals surface area (Å²) in [6.07, 6.45) is 9.37. The average Bonchev–Trinajstić information content (AvgIpc) is 2.95. The van der Waals surface area contributed by atoms with Crippen molar-refractivity contribution in [3.8, 4) is 0 Å². The zero-order chi connectivity index (χ0) is 20.1. The van der Waals surface area contributed by atoms with Gasteiger partial charge in [0.2, 0.25) is 11.4 Å². The van der Waals surface area contributed by atoms with E-state index in [0.717, 1.165) is 13.1 Å². The van der Waals surface area contributed by atoms with Crippen molar-refractivity contribution in [2.24, 2.45) is 14.1 Å². The van der Waals surface area contributed by atoms with Gasteiger partial charge in [0.05, 0.1) is 24.5 Å². The Balaban J connectivity index is 1.60. The fourth-order valence-corrected chi connectivity index (χ4v) is 5.14. The van der Waals surface area contributed by atoms with E-state index in [1.54, 1.807) is 0 Å². The van der Waals surface area contributed by atoms with Gasteiger partial charge in [0.1, 0.15) is 7.14 Å². The first-order valence-corrected chi connectivity index (χ1v) is 12.4. The zero-order valence-electron chi connectivity index (χ0n) is 17.9. The monoisotopic (exact) mass is 598 g/mol. The summed E-state index contributed by atoms with van der Waals surface area (Å²) in [6, 6.07) is 0. The second kappa shape index (κ2) is 10.6. The number of hydrogen-bond acceptors (Lipinski definition) is 0. The Hall–Kier alpha value is -0.120. The van der Waals surface area contributed by atoms with Crippen LogP contribution in [-0.2, 0) is 27.2 Å². The highest BCUT2D eigenvalue weighted by Gasteiger charge is 2.20. The minimum Gasteiger partial charge on any atom is -0.157 e. The zero-order valence-corrected chi connectivity index (χ0v) is 22.2. The quantitative estimate of drug-likeness (QED) is 0.212. The smallest absolute Gasteiger partial charge is 0.157 e. The topological polar surface area (TPSA) is 17.6 Å². The van der Waals surface area contributed by atoms with E-state index in [9.17, 15) is 0 Å². The highest BCUT2D eigenvalue weighted by molar-refractivity contribution is 14.1. The van der Waals surface area contributed by atoms with Crippen LogP contribution in [0.3, 0.4) is 0 Å². The molecule has 0 amide bonds. The lowest BCUT2D eigenvalue weighted by molar-refractivity contribution is -0.759. The molecular weight excluding hydrogens is 562 g/mol. The van der Waals surface area contributed by atoms with Crippen molar-refractivity contribution in [2.45, 2.75) is 85.7 Å². The first-order chi connectivity index (χ1) is 12.8. The van der Waals surface area contributed by atoms with Crippen molar-refractivity contribution < 1.29 is 9.36 Å². The van der Waals surface area contributed by atoms with Gasteiger partial charge in [-0.25, -0.2) is 0 Å². The van der Waals surface area contributed by atoms with Crippen molar-refractivity contribution in [1.82, 2.24) is 9.36 Å². The van der Waals surface area contributed by atoms with Crippen LogP contribution in [0.2, 0.25) is 0 Å². The number of unbranched alkanes of at least 4 members (excludes halogenated alkanes) is 6. The molecule has 0 aliphatic carbocycles. The van der Waals surface area contributed by atoms with Crippen LogP contribution in [0, 0.1) is 34.8 Å². The SMILES string of the molecule is Cc1c(I)c(C)[n+](C)n1CCCCCCCCCn1c(C)c(I)c(C)[n+]1C. The van der Waals surface area contributed by atoms with Gasteiger partial charge in [-0.15, -0.1) is 9.36 Å². The molecule has 0 radical (unpaired) electrons. The third-order valence-electron chi connectivity index (χ3n) is 5.98. The molecular formula is C21H36I2N4+2. The summed E-state index contributed by atoms with van der Waals surface area (Å²) < 4.78 is 12.3. The van der Waals surface area contributed by atoms with Gasteiger partial charge in [-0.2, -0.15) is 9.36 Å². The van der Waals surface area contributed by atoms with Crippen LogP contribution in [0.15, 0.2) is 0 Å². The van der Waals surface area contributed by atoms with E-state index in [0.29, 0.717) is 0 Å². The second-order valence-corrected chi connectivity index (χ2v) is 9.90. The predicted molar refractivity (Wildman–Crippen MR) is 128 cm³/mol. The van der Waals surface area contributed by atoms with Crippen molar-refractivity contribution >= 4 is 45.2 Å². The average molecular weight is 598 g/mol. The van der Waals surface area contributed by atoms with Crippen LogP contribution in [0.1, 0.15) is 67.7 Å². The maximum absolute atomic E-state index is 2.47. The van der Waals surface area contributed by atoms with E-state index in [2.05, 4.69) is 106 Å². The number of nitrogens with zero attached hydrogens (tertiary/aromatic N) is 4. The van der Waals surface area contributed by atoms with Gasteiger partial charge in [0.25, 0.3) is 0 Å². The third-order valence-corrected chi connectivity index (χ3v) is 9.10. The van der Waals surface area contributed by atoms with E-state index >= 15 is 0 Å². The summed E-state index contributed by atoms with van der Waals surface area (Å²) in [4.78, 5) is 0. The number of hydrogen-bond donors (Lipinski definition) is 0. The largest absolute Gasteiger partial charge is 0.218 e. The normalized spacial score (nSPS) is 11.6. The molecule has 2 heterocycles. The fraction of sp³-hybridized carbons (Fsp3) is 0.714. The summed E-state index contributed by atoms with van der Waals surface area (Å²) in [7, 11) is 4.36. The molecule has 2 rings (SSSR count). The second-order valence-electron chi connectivity index (χ2n) is 7.74. The van der Waals surface area contributed by atoms with E-state index in [4.69, 9.17) is 0 Å². The fourth-order valence-electron chi connectivity index (χ4n) is 3.89. The maximum Gasteiger partial charge on any atom is 0.218 e. The Labute approximate surface area is 192 Å². The van der Waals surface area contributed by atoms with E-state index < -0.39 is 0 Å². The van der Waals surface area contributed by atoms with Gasteiger partial charge in [0, 0.05) is 13.8 Å². The van der Waals surface area contributed by atoms with Gasteiger partial charge in [-0.3, -0.25) is 0 Å². The molecule has 152 valence electrons.